The Morgan fingerprint density at radius 3 is 2.21 bits per heavy atom. The molecule has 0 spiro atoms. The molecule has 1 rings (SSSR count). The summed E-state index contributed by atoms with van der Waals surface area (Å²) in [5.41, 5.74) is 1.48. The van der Waals surface area contributed by atoms with Crippen molar-refractivity contribution in [1.29, 1.82) is 0 Å². The topological polar surface area (TPSA) is 0 Å². The van der Waals surface area contributed by atoms with Gasteiger partial charge in [0.15, 0.2) is 0 Å². The normalized spacial score (nSPS) is 13.5. The lowest BCUT2D eigenvalue weighted by Crippen LogP contribution is -2.26. The van der Waals surface area contributed by atoms with E-state index >= 15 is 0 Å². The van der Waals surface area contributed by atoms with E-state index in [1.165, 1.54) is 50.5 Å². The predicted octanol–water partition coefficient (Wildman–Crippen LogP) is 5.86. The number of unbranched alkanes of at least 4 members (excludes halogenated alkanes) is 4. The minimum atomic E-state index is 0.334. The minimum absolute atomic E-state index is 0.334. The molecule has 0 N–H and O–H groups in total. The first-order valence-corrected chi connectivity index (χ1v) is 8.44. The highest BCUT2D eigenvalue weighted by atomic mass is 31.0. The van der Waals surface area contributed by atoms with E-state index in [1.807, 2.05) is 0 Å². The molecule has 0 nitrogen and oxygen atoms in total. The third kappa shape index (κ3) is 7.11. The molecule has 2 atom stereocenters. The molecule has 0 aromatic heterocycles. The van der Waals surface area contributed by atoms with Gasteiger partial charge < -0.3 is 0 Å². The average molecular weight is 278 g/mol. The zero-order chi connectivity index (χ0) is 14.1. The molecule has 108 valence electrons. The predicted molar refractivity (Wildman–Crippen MR) is 90.8 cm³/mol. The third-order valence-corrected chi connectivity index (χ3v) is 4.50. The Morgan fingerprint density at radius 2 is 1.63 bits per heavy atom. The summed E-state index contributed by atoms with van der Waals surface area (Å²) in [6.07, 6.45) is 9.50. The van der Waals surface area contributed by atoms with Gasteiger partial charge in [-0.25, -0.2) is 0 Å². The van der Waals surface area contributed by atoms with E-state index in [4.69, 9.17) is 0 Å². The molecule has 0 radical (unpaired) electrons. The van der Waals surface area contributed by atoms with Crippen molar-refractivity contribution in [1.82, 2.24) is 0 Å². The fourth-order valence-corrected chi connectivity index (χ4v) is 2.91. The Kier molecular flexibility index (Phi) is 7.69. The first-order valence-electron chi connectivity index (χ1n) is 7.87. The van der Waals surface area contributed by atoms with E-state index < -0.39 is 0 Å². The van der Waals surface area contributed by atoms with Crippen LogP contribution in [0.15, 0.2) is 30.3 Å². The summed E-state index contributed by atoms with van der Waals surface area (Å²) < 4.78 is 0. The summed E-state index contributed by atoms with van der Waals surface area (Å²) in [4.78, 5) is 0. The van der Waals surface area contributed by atoms with Crippen LogP contribution in [0.2, 0.25) is 0 Å². The van der Waals surface area contributed by atoms with Crippen molar-refractivity contribution in [3.8, 4) is 0 Å². The summed E-state index contributed by atoms with van der Waals surface area (Å²) in [6.45, 7) is 7.00. The first kappa shape index (κ1) is 16.7. The molecule has 0 heterocycles. The van der Waals surface area contributed by atoms with Gasteiger partial charge >= 0.3 is 0 Å². The van der Waals surface area contributed by atoms with Crippen molar-refractivity contribution in [3.63, 3.8) is 0 Å². The van der Waals surface area contributed by atoms with Gasteiger partial charge in [0.2, 0.25) is 0 Å². The van der Waals surface area contributed by atoms with E-state index in [0.29, 0.717) is 5.16 Å². The van der Waals surface area contributed by atoms with Crippen LogP contribution in [0.25, 0.3) is 0 Å². The molecule has 0 saturated heterocycles. The van der Waals surface area contributed by atoms with Gasteiger partial charge in [0.05, 0.1) is 0 Å². The summed E-state index contributed by atoms with van der Waals surface area (Å²) >= 11 is 0. The van der Waals surface area contributed by atoms with Gasteiger partial charge in [-0.05, 0) is 29.5 Å². The minimum Gasteiger partial charge on any atom is -0.131 e. The molecule has 0 aliphatic rings. The highest BCUT2D eigenvalue weighted by molar-refractivity contribution is 7.18. The largest absolute Gasteiger partial charge is 0.131 e. The Hall–Kier alpha value is -0.350. The number of hydrogen-bond acceptors (Lipinski definition) is 0. The Balaban J connectivity index is 2.44. The zero-order valence-corrected chi connectivity index (χ0v) is 14.1. The standard InChI is InChI=1S/C18H31P/c1-4-5-6-7-11-14-17(18(2,3)19)15-16-12-9-8-10-13-16/h8-10,12-13,17H,4-7,11,14-15,19H2,1-3H3. The highest BCUT2D eigenvalue weighted by Gasteiger charge is 2.24. The second-order valence-electron chi connectivity index (χ2n) is 6.41. The summed E-state index contributed by atoms with van der Waals surface area (Å²) in [6, 6.07) is 10.9. The highest BCUT2D eigenvalue weighted by Crippen LogP contribution is 2.33. The van der Waals surface area contributed by atoms with Crippen LogP contribution in [0, 0.1) is 5.92 Å². The Bertz CT molecular complexity index is 323. The molecule has 0 fully saturated rings. The van der Waals surface area contributed by atoms with Gasteiger partial charge in [-0.1, -0.05) is 83.2 Å². The number of rotatable bonds is 9. The maximum atomic E-state index is 3.06. The van der Waals surface area contributed by atoms with Gasteiger partial charge in [0, 0.05) is 0 Å². The van der Waals surface area contributed by atoms with Gasteiger partial charge in [0.1, 0.15) is 0 Å². The van der Waals surface area contributed by atoms with Crippen LogP contribution in [-0.4, -0.2) is 5.16 Å². The van der Waals surface area contributed by atoms with E-state index in [-0.39, 0.29) is 0 Å². The van der Waals surface area contributed by atoms with Gasteiger partial charge in [-0.2, -0.15) is 0 Å². The molecule has 2 unspecified atom stereocenters. The lowest BCUT2D eigenvalue weighted by molar-refractivity contribution is 0.374. The van der Waals surface area contributed by atoms with Crippen LogP contribution in [0.1, 0.15) is 64.9 Å². The molecule has 0 amide bonds. The van der Waals surface area contributed by atoms with Crippen LogP contribution in [0.4, 0.5) is 0 Å². The van der Waals surface area contributed by atoms with Crippen molar-refractivity contribution in [2.75, 3.05) is 0 Å². The monoisotopic (exact) mass is 278 g/mol. The number of hydrogen-bond donors (Lipinski definition) is 0. The number of benzene rings is 1. The zero-order valence-electron chi connectivity index (χ0n) is 13.0. The fraction of sp³-hybridized carbons (Fsp3) is 0.667. The van der Waals surface area contributed by atoms with Crippen LogP contribution in [0.3, 0.4) is 0 Å². The van der Waals surface area contributed by atoms with E-state index in [2.05, 4.69) is 60.3 Å². The molecule has 0 saturated carbocycles. The molecule has 0 aliphatic heterocycles. The Morgan fingerprint density at radius 1 is 1.00 bits per heavy atom. The summed E-state index contributed by atoms with van der Waals surface area (Å²) in [5, 5.41) is 0.334. The molecule has 0 bridgehead atoms. The molecule has 0 aliphatic carbocycles. The van der Waals surface area contributed by atoms with Crippen molar-refractivity contribution in [3.05, 3.63) is 35.9 Å². The first-order chi connectivity index (χ1) is 9.04. The van der Waals surface area contributed by atoms with Gasteiger partial charge in [0.25, 0.3) is 0 Å². The lowest BCUT2D eigenvalue weighted by atomic mass is 9.84. The molecular weight excluding hydrogens is 247 g/mol. The van der Waals surface area contributed by atoms with Crippen LogP contribution in [-0.2, 0) is 6.42 Å². The van der Waals surface area contributed by atoms with Crippen LogP contribution in [0.5, 0.6) is 0 Å². The molecule has 1 aromatic carbocycles. The van der Waals surface area contributed by atoms with Gasteiger partial charge in [-0.3, -0.25) is 0 Å². The van der Waals surface area contributed by atoms with Crippen molar-refractivity contribution in [2.24, 2.45) is 5.92 Å². The second kappa shape index (κ2) is 8.75. The maximum Gasteiger partial charge on any atom is -0.0175 e. The quantitative estimate of drug-likeness (QED) is 0.392. The van der Waals surface area contributed by atoms with Crippen molar-refractivity contribution < 1.29 is 0 Å². The maximum absolute atomic E-state index is 3.06. The van der Waals surface area contributed by atoms with Crippen molar-refractivity contribution in [2.45, 2.75) is 70.9 Å². The fourth-order valence-electron chi connectivity index (χ4n) is 2.63. The Labute approximate surface area is 122 Å². The van der Waals surface area contributed by atoms with Gasteiger partial charge in [-0.15, -0.1) is 9.24 Å². The summed E-state index contributed by atoms with van der Waals surface area (Å²) in [5.74, 6) is 0.765. The summed E-state index contributed by atoms with van der Waals surface area (Å²) in [7, 11) is 3.06. The van der Waals surface area contributed by atoms with E-state index in [9.17, 15) is 0 Å². The molecule has 1 aromatic rings. The molecule has 19 heavy (non-hydrogen) atoms. The average Bonchev–Trinajstić information content (AvgIpc) is 2.37. The third-order valence-electron chi connectivity index (χ3n) is 4.03. The molecular formula is C18H31P. The SMILES string of the molecule is CCCCCCCC(Cc1ccccc1)C(C)(C)P. The second-order valence-corrected chi connectivity index (χ2v) is 7.90. The van der Waals surface area contributed by atoms with E-state index in [0.717, 1.165) is 5.92 Å². The molecule has 1 heteroatoms. The van der Waals surface area contributed by atoms with Crippen molar-refractivity contribution >= 4 is 9.24 Å². The smallest absolute Gasteiger partial charge is 0.0175 e. The lowest BCUT2D eigenvalue weighted by Gasteiger charge is -2.31. The van der Waals surface area contributed by atoms with E-state index in [1.54, 1.807) is 0 Å². The van der Waals surface area contributed by atoms with Crippen LogP contribution < -0.4 is 0 Å². The van der Waals surface area contributed by atoms with Crippen LogP contribution >= 0.6 is 9.24 Å².